The fraction of sp³-hybridized carbons (Fsp3) is 0.533. The molecule has 1 atom stereocenters. The highest BCUT2D eigenvalue weighted by Gasteiger charge is 2.28. The van der Waals surface area contributed by atoms with Gasteiger partial charge in [0.05, 0.1) is 16.0 Å². The average Bonchev–Trinajstić information content (AvgIpc) is 2.82. The maximum absolute atomic E-state index is 13.2. The van der Waals surface area contributed by atoms with E-state index in [1.54, 1.807) is 12.1 Å². The molecule has 128 valence electrons. The molecule has 2 N–H and O–H groups in total. The lowest BCUT2D eigenvalue weighted by Gasteiger charge is -2.15. The molecule has 0 aliphatic carbocycles. The van der Waals surface area contributed by atoms with Crippen LogP contribution in [0.5, 0.6) is 0 Å². The summed E-state index contributed by atoms with van der Waals surface area (Å²) in [7, 11) is -2.91. The van der Waals surface area contributed by atoms with Gasteiger partial charge in [0.15, 0.2) is 15.8 Å². The highest BCUT2D eigenvalue weighted by molar-refractivity contribution is 9.10. The summed E-state index contributed by atoms with van der Waals surface area (Å²) in [6, 6.07) is 4.82. The number of nitrogens with one attached hydrogen (secondary N) is 2. The minimum atomic E-state index is -2.91. The van der Waals surface area contributed by atoms with E-state index in [2.05, 4.69) is 31.6 Å². The van der Waals surface area contributed by atoms with Crippen molar-refractivity contribution in [2.24, 2.45) is 4.99 Å². The predicted molar refractivity (Wildman–Crippen MR) is 94.0 cm³/mol. The first kappa shape index (κ1) is 18.2. The van der Waals surface area contributed by atoms with E-state index in [-0.39, 0.29) is 23.4 Å². The Bertz CT molecular complexity index is 679. The molecule has 0 spiro atoms. The van der Waals surface area contributed by atoms with Crippen LogP contribution < -0.4 is 10.6 Å². The van der Waals surface area contributed by atoms with Gasteiger partial charge >= 0.3 is 0 Å². The Morgan fingerprint density at radius 1 is 1.48 bits per heavy atom. The van der Waals surface area contributed by atoms with E-state index in [1.165, 1.54) is 6.07 Å². The third kappa shape index (κ3) is 5.76. The third-order valence-electron chi connectivity index (χ3n) is 3.57. The standard InChI is InChI=1S/C15H21BrFN3O2S/c1-2-18-15(20-12-6-8-23(21,22)10-12)19-7-5-11-3-4-14(17)13(16)9-11/h3-4,9,12H,2,5-8,10H2,1H3,(H2,18,19,20). The lowest BCUT2D eigenvalue weighted by molar-refractivity contribution is 0.599. The van der Waals surface area contributed by atoms with Crippen molar-refractivity contribution in [3.05, 3.63) is 34.1 Å². The number of hydrogen-bond donors (Lipinski definition) is 2. The van der Waals surface area contributed by atoms with E-state index >= 15 is 0 Å². The van der Waals surface area contributed by atoms with E-state index in [0.29, 0.717) is 36.4 Å². The van der Waals surface area contributed by atoms with Crippen molar-refractivity contribution in [3.63, 3.8) is 0 Å². The zero-order valence-electron chi connectivity index (χ0n) is 13.0. The lowest BCUT2D eigenvalue weighted by atomic mass is 10.1. The quantitative estimate of drug-likeness (QED) is 0.579. The molecule has 1 saturated heterocycles. The Morgan fingerprint density at radius 3 is 2.87 bits per heavy atom. The zero-order chi connectivity index (χ0) is 16.9. The molecular formula is C15H21BrFN3O2S. The fourth-order valence-corrected chi connectivity index (χ4v) is 4.51. The normalized spacial score (nSPS) is 20.5. The summed E-state index contributed by atoms with van der Waals surface area (Å²) in [5, 5.41) is 6.29. The SMILES string of the molecule is CCNC(=NCCc1ccc(F)c(Br)c1)NC1CCS(=O)(=O)C1. The molecule has 1 heterocycles. The first-order valence-corrected chi connectivity index (χ1v) is 10.2. The van der Waals surface area contributed by atoms with Crippen molar-refractivity contribution in [3.8, 4) is 0 Å². The first-order valence-electron chi connectivity index (χ1n) is 7.59. The van der Waals surface area contributed by atoms with Gasteiger partial charge < -0.3 is 10.6 Å². The van der Waals surface area contributed by atoms with Crippen molar-refractivity contribution in [2.45, 2.75) is 25.8 Å². The monoisotopic (exact) mass is 405 g/mol. The Kier molecular flexibility index (Phi) is 6.41. The van der Waals surface area contributed by atoms with Crippen LogP contribution in [0.2, 0.25) is 0 Å². The summed E-state index contributed by atoms with van der Waals surface area (Å²) in [6.45, 7) is 3.19. The van der Waals surface area contributed by atoms with E-state index in [1.807, 2.05) is 6.92 Å². The van der Waals surface area contributed by atoms with Crippen LogP contribution >= 0.6 is 15.9 Å². The zero-order valence-corrected chi connectivity index (χ0v) is 15.4. The van der Waals surface area contributed by atoms with E-state index in [0.717, 1.165) is 5.56 Å². The molecule has 1 aliphatic rings. The highest BCUT2D eigenvalue weighted by Crippen LogP contribution is 2.17. The number of guanidine groups is 1. The molecule has 1 aromatic carbocycles. The molecule has 1 aromatic rings. The molecule has 8 heteroatoms. The van der Waals surface area contributed by atoms with Gasteiger partial charge in [-0.1, -0.05) is 6.07 Å². The van der Waals surface area contributed by atoms with E-state index < -0.39 is 9.84 Å². The van der Waals surface area contributed by atoms with Gasteiger partial charge in [0.1, 0.15) is 5.82 Å². The largest absolute Gasteiger partial charge is 0.357 e. The molecule has 23 heavy (non-hydrogen) atoms. The van der Waals surface area contributed by atoms with Gasteiger partial charge in [-0.25, -0.2) is 12.8 Å². The predicted octanol–water partition coefficient (Wildman–Crippen LogP) is 1.87. The molecule has 0 radical (unpaired) electrons. The molecule has 0 saturated carbocycles. The molecule has 2 rings (SSSR count). The topological polar surface area (TPSA) is 70.6 Å². The van der Waals surface area contributed by atoms with Crippen molar-refractivity contribution in [1.29, 1.82) is 0 Å². The van der Waals surface area contributed by atoms with Gasteiger partial charge in [-0.05, 0) is 53.4 Å². The Hall–Kier alpha value is -1.15. The number of sulfone groups is 1. The number of halogens is 2. The van der Waals surface area contributed by atoms with E-state index in [9.17, 15) is 12.8 Å². The summed E-state index contributed by atoms with van der Waals surface area (Å²) >= 11 is 3.17. The number of nitrogens with zero attached hydrogens (tertiary/aromatic N) is 1. The van der Waals surface area contributed by atoms with Crippen molar-refractivity contribution >= 4 is 31.7 Å². The minimum Gasteiger partial charge on any atom is -0.357 e. The van der Waals surface area contributed by atoms with Gasteiger partial charge in [0, 0.05) is 19.1 Å². The van der Waals surface area contributed by atoms with Crippen LogP contribution in [0.1, 0.15) is 18.9 Å². The van der Waals surface area contributed by atoms with Crippen LogP contribution in [-0.4, -0.2) is 45.0 Å². The smallest absolute Gasteiger partial charge is 0.191 e. The highest BCUT2D eigenvalue weighted by atomic mass is 79.9. The Labute approximate surface area is 144 Å². The van der Waals surface area contributed by atoms with Crippen LogP contribution in [0.3, 0.4) is 0 Å². The average molecular weight is 406 g/mol. The van der Waals surface area contributed by atoms with Gasteiger partial charge in [0.2, 0.25) is 0 Å². The fourth-order valence-electron chi connectivity index (χ4n) is 2.41. The lowest BCUT2D eigenvalue weighted by Crippen LogP contribution is -2.44. The number of benzene rings is 1. The number of hydrogen-bond acceptors (Lipinski definition) is 3. The minimum absolute atomic E-state index is 0.0854. The van der Waals surface area contributed by atoms with Crippen LogP contribution in [0.4, 0.5) is 4.39 Å². The summed E-state index contributed by atoms with van der Waals surface area (Å²) in [4.78, 5) is 4.46. The molecule has 5 nitrogen and oxygen atoms in total. The van der Waals surface area contributed by atoms with Crippen LogP contribution in [0.25, 0.3) is 0 Å². The molecule has 0 aromatic heterocycles. The summed E-state index contributed by atoms with van der Waals surface area (Å²) in [5.41, 5.74) is 0.987. The Balaban J connectivity index is 1.92. The molecule has 0 bridgehead atoms. The Morgan fingerprint density at radius 2 is 2.26 bits per heavy atom. The molecule has 1 unspecified atom stereocenters. The second-order valence-electron chi connectivity index (χ2n) is 5.50. The van der Waals surface area contributed by atoms with Gasteiger partial charge in [-0.15, -0.1) is 0 Å². The summed E-state index contributed by atoms with van der Waals surface area (Å²) in [5.74, 6) is 0.723. The molecule has 1 fully saturated rings. The summed E-state index contributed by atoms with van der Waals surface area (Å²) < 4.78 is 36.6. The maximum Gasteiger partial charge on any atom is 0.191 e. The van der Waals surface area contributed by atoms with Crippen LogP contribution in [0.15, 0.2) is 27.7 Å². The van der Waals surface area contributed by atoms with Gasteiger partial charge in [-0.2, -0.15) is 0 Å². The van der Waals surface area contributed by atoms with Gasteiger partial charge in [0.25, 0.3) is 0 Å². The third-order valence-corrected chi connectivity index (χ3v) is 5.95. The summed E-state index contributed by atoms with van der Waals surface area (Å²) in [6.07, 6.45) is 1.29. The molecule has 1 aliphatic heterocycles. The van der Waals surface area contributed by atoms with Crippen LogP contribution in [-0.2, 0) is 16.3 Å². The number of rotatable bonds is 5. The first-order chi connectivity index (χ1) is 10.9. The maximum atomic E-state index is 13.2. The second-order valence-corrected chi connectivity index (χ2v) is 8.59. The number of aliphatic imine (C=N–C) groups is 1. The molecule has 0 amide bonds. The van der Waals surface area contributed by atoms with Crippen molar-refractivity contribution in [2.75, 3.05) is 24.6 Å². The molecular weight excluding hydrogens is 385 g/mol. The van der Waals surface area contributed by atoms with Gasteiger partial charge in [-0.3, -0.25) is 4.99 Å². The van der Waals surface area contributed by atoms with Crippen molar-refractivity contribution in [1.82, 2.24) is 10.6 Å². The van der Waals surface area contributed by atoms with Crippen LogP contribution in [0, 0.1) is 5.82 Å². The second kappa shape index (κ2) is 8.10. The van der Waals surface area contributed by atoms with E-state index in [4.69, 9.17) is 0 Å². The van der Waals surface area contributed by atoms with Crippen molar-refractivity contribution < 1.29 is 12.8 Å².